The van der Waals surface area contributed by atoms with Crippen LogP contribution < -0.4 is 5.32 Å². The van der Waals surface area contributed by atoms with E-state index in [4.69, 9.17) is 4.42 Å². The Kier molecular flexibility index (Phi) is 7.43. The quantitative estimate of drug-likeness (QED) is 0.155. The third-order valence-electron chi connectivity index (χ3n) is 6.80. The molecule has 1 aromatic heterocycles. The molecular formula is C32H28N2O4. The molecule has 38 heavy (non-hydrogen) atoms. The number of nitrogens with one attached hydrogen (secondary N) is 1. The molecular weight excluding hydrogens is 476 g/mol. The van der Waals surface area contributed by atoms with E-state index < -0.39 is 5.41 Å². The summed E-state index contributed by atoms with van der Waals surface area (Å²) in [6.07, 6.45) is 1.72. The van der Waals surface area contributed by atoms with E-state index in [0.717, 1.165) is 39.8 Å². The highest BCUT2D eigenvalue weighted by Crippen LogP contribution is 2.29. The Hall–Kier alpha value is -4.55. The Morgan fingerprint density at radius 1 is 0.868 bits per heavy atom. The van der Waals surface area contributed by atoms with E-state index in [1.54, 1.807) is 12.1 Å². The number of Topliss-reactive ketones (excluding diaryl/α,β-unsaturated/α-hetero) is 1. The molecule has 1 atom stereocenters. The Morgan fingerprint density at radius 3 is 2.18 bits per heavy atom. The molecule has 4 aromatic carbocycles. The minimum atomic E-state index is -1.09. The molecule has 0 radical (unpaired) electrons. The molecule has 0 bridgehead atoms. The van der Waals surface area contributed by atoms with Gasteiger partial charge in [-0.1, -0.05) is 78.9 Å². The van der Waals surface area contributed by atoms with Crippen molar-refractivity contribution in [3.8, 4) is 11.1 Å². The lowest BCUT2D eigenvalue weighted by molar-refractivity contribution is -0.118. The predicted octanol–water partition coefficient (Wildman–Crippen LogP) is 6.62. The largest absolute Gasteiger partial charge is 0.423 e. The van der Waals surface area contributed by atoms with E-state index in [1.165, 1.54) is 0 Å². The van der Waals surface area contributed by atoms with Gasteiger partial charge in [0, 0.05) is 17.7 Å². The van der Waals surface area contributed by atoms with Crippen LogP contribution in [0.1, 0.15) is 28.8 Å². The van der Waals surface area contributed by atoms with Crippen LogP contribution >= 0.6 is 0 Å². The number of aliphatic hydroxyl groups is 1. The molecule has 0 saturated carbocycles. The second-order valence-corrected chi connectivity index (χ2v) is 9.49. The monoisotopic (exact) mass is 504 g/mol. The molecule has 0 fully saturated rings. The molecule has 6 heteroatoms. The van der Waals surface area contributed by atoms with Crippen molar-refractivity contribution in [2.24, 2.45) is 5.41 Å². The van der Waals surface area contributed by atoms with Gasteiger partial charge in [0.25, 0.3) is 6.01 Å². The smallest absolute Gasteiger partial charge is 0.300 e. The number of carbonyl (C=O) groups excluding carboxylic acids is 2. The van der Waals surface area contributed by atoms with Crippen LogP contribution in [0.25, 0.3) is 22.2 Å². The molecule has 1 heterocycles. The van der Waals surface area contributed by atoms with E-state index in [0.29, 0.717) is 24.4 Å². The summed E-state index contributed by atoms with van der Waals surface area (Å²) in [5, 5.41) is 13.2. The number of aromatic nitrogens is 1. The van der Waals surface area contributed by atoms with E-state index in [9.17, 15) is 14.7 Å². The molecule has 0 spiro atoms. The SMILES string of the molecule is O=CC(CO)(CCc1ccccc1)CC(=O)c1ccc(-c2ccc(Nc3nc4ccccc4o3)cc2)cc1. The minimum Gasteiger partial charge on any atom is -0.423 e. The average Bonchev–Trinajstić information content (AvgIpc) is 3.39. The van der Waals surface area contributed by atoms with Crippen LogP contribution in [0.4, 0.5) is 11.7 Å². The Bertz CT molecular complexity index is 1490. The van der Waals surface area contributed by atoms with Crippen LogP contribution in [0.5, 0.6) is 0 Å². The number of hydrogen-bond donors (Lipinski definition) is 2. The number of fused-ring (bicyclic) bond motifs is 1. The highest BCUT2D eigenvalue weighted by molar-refractivity contribution is 5.98. The molecule has 0 aliphatic heterocycles. The van der Waals surface area contributed by atoms with Crippen molar-refractivity contribution in [1.29, 1.82) is 0 Å². The third kappa shape index (κ3) is 5.71. The van der Waals surface area contributed by atoms with Gasteiger partial charge in [-0.25, -0.2) is 0 Å². The molecule has 0 saturated heterocycles. The van der Waals surface area contributed by atoms with Gasteiger partial charge in [0.2, 0.25) is 0 Å². The minimum absolute atomic E-state index is 0.0324. The maximum absolute atomic E-state index is 13.0. The van der Waals surface area contributed by atoms with Crippen LogP contribution in [0.15, 0.2) is 108 Å². The first-order chi connectivity index (χ1) is 18.6. The standard InChI is InChI=1S/C32H28N2O4/c35-21-32(22-36,19-18-23-6-2-1-3-7-23)20-29(37)26-12-10-24(11-13-26)25-14-16-27(17-15-25)33-31-34-28-8-4-5-9-30(28)38-31/h1-17,21,36H,18-20,22H2,(H,33,34). The number of oxazole rings is 1. The highest BCUT2D eigenvalue weighted by atomic mass is 16.4. The van der Waals surface area contributed by atoms with Crippen molar-refractivity contribution in [2.75, 3.05) is 11.9 Å². The fourth-order valence-corrected chi connectivity index (χ4v) is 4.46. The Balaban J connectivity index is 1.23. The van der Waals surface area contributed by atoms with Crippen LogP contribution in [-0.4, -0.2) is 28.8 Å². The second-order valence-electron chi connectivity index (χ2n) is 9.49. The maximum Gasteiger partial charge on any atom is 0.300 e. The fourth-order valence-electron chi connectivity index (χ4n) is 4.46. The molecule has 0 aliphatic carbocycles. The van der Waals surface area contributed by atoms with Gasteiger partial charge in [0.15, 0.2) is 11.4 Å². The van der Waals surface area contributed by atoms with Crippen molar-refractivity contribution in [3.05, 3.63) is 114 Å². The Morgan fingerprint density at radius 2 is 1.53 bits per heavy atom. The molecule has 6 nitrogen and oxygen atoms in total. The van der Waals surface area contributed by atoms with Crippen LogP contribution in [0.3, 0.4) is 0 Å². The zero-order valence-corrected chi connectivity index (χ0v) is 20.8. The average molecular weight is 505 g/mol. The second kappa shape index (κ2) is 11.2. The number of hydrogen-bond acceptors (Lipinski definition) is 6. The lowest BCUT2D eigenvalue weighted by Gasteiger charge is -2.25. The highest BCUT2D eigenvalue weighted by Gasteiger charge is 2.32. The summed E-state index contributed by atoms with van der Waals surface area (Å²) in [5.41, 5.74) is 4.81. The van der Waals surface area contributed by atoms with Gasteiger partial charge >= 0.3 is 0 Å². The number of aldehydes is 1. The fraction of sp³-hybridized carbons (Fsp3) is 0.156. The molecule has 2 N–H and O–H groups in total. The molecule has 190 valence electrons. The van der Waals surface area contributed by atoms with Crippen LogP contribution in [0, 0.1) is 5.41 Å². The number of rotatable bonds is 11. The van der Waals surface area contributed by atoms with Gasteiger partial charge in [-0.2, -0.15) is 4.98 Å². The maximum atomic E-state index is 13.0. The first kappa shape index (κ1) is 25.1. The summed E-state index contributed by atoms with van der Waals surface area (Å²) in [4.78, 5) is 29.4. The summed E-state index contributed by atoms with van der Waals surface area (Å²) in [7, 11) is 0. The van der Waals surface area contributed by atoms with Crippen LogP contribution in [0.2, 0.25) is 0 Å². The van der Waals surface area contributed by atoms with E-state index >= 15 is 0 Å². The van der Waals surface area contributed by atoms with E-state index in [1.807, 2.05) is 91.0 Å². The summed E-state index contributed by atoms with van der Waals surface area (Å²) in [6, 6.07) is 32.9. The van der Waals surface area contributed by atoms with Gasteiger partial charge in [-0.3, -0.25) is 4.79 Å². The van der Waals surface area contributed by atoms with Gasteiger partial charge in [0.1, 0.15) is 11.8 Å². The summed E-state index contributed by atoms with van der Waals surface area (Å²) >= 11 is 0. The number of nitrogens with zero attached hydrogens (tertiary/aromatic N) is 1. The van der Waals surface area contributed by atoms with Gasteiger partial charge in [-0.05, 0) is 53.8 Å². The number of para-hydroxylation sites is 2. The van der Waals surface area contributed by atoms with Crippen molar-refractivity contribution < 1.29 is 19.1 Å². The van der Waals surface area contributed by atoms with E-state index in [-0.39, 0.29) is 18.8 Å². The molecule has 0 amide bonds. The molecule has 0 aliphatic rings. The lowest BCUT2D eigenvalue weighted by atomic mass is 9.78. The van der Waals surface area contributed by atoms with Crippen molar-refractivity contribution in [2.45, 2.75) is 19.3 Å². The van der Waals surface area contributed by atoms with Crippen molar-refractivity contribution >= 4 is 34.9 Å². The zero-order valence-electron chi connectivity index (χ0n) is 20.8. The zero-order chi connectivity index (χ0) is 26.4. The van der Waals surface area contributed by atoms with Crippen LogP contribution in [-0.2, 0) is 11.2 Å². The first-order valence-corrected chi connectivity index (χ1v) is 12.5. The van der Waals surface area contributed by atoms with Gasteiger partial charge in [-0.15, -0.1) is 0 Å². The van der Waals surface area contributed by atoms with Crippen molar-refractivity contribution in [3.63, 3.8) is 0 Å². The molecule has 5 rings (SSSR count). The van der Waals surface area contributed by atoms with Crippen molar-refractivity contribution in [1.82, 2.24) is 4.98 Å². The third-order valence-corrected chi connectivity index (χ3v) is 6.80. The summed E-state index contributed by atoms with van der Waals surface area (Å²) in [5.74, 6) is -0.163. The van der Waals surface area contributed by atoms with Gasteiger partial charge < -0.3 is 19.6 Å². The number of ketones is 1. The first-order valence-electron chi connectivity index (χ1n) is 12.5. The number of benzene rings is 4. The lowest BCUT2D eigenvalue weighted by Crippen LogP contribution is -2.31. The predicted molar refractivity (Wildman–Crippen MR) is 148 cm³/mol. The number of carbonyl (C=O) groups is 2. The van der Waals surface area contributed by atoms with Gasteiger partial charge in [0.05, 0.1) is 12.0 Å². The topological polar surface area (TPSA) is 92.4 Å². The number of aliphatic hydroxyl groups excluding tert-OH is 1. The van der Waals surface area contributed by atoms with E-state index in [2.05, 4.69) is 10.3 Å². The number of anilines is 2. The molecule has 1 unspecified atom stereocenters. The molecule has 5 aromatic rings. The summed E-state index contributed by atoms with van der Waals surface area (Å²) in [6.45, 7) is -0.364. The normalized spacial score (nSPS) is 12.7. The Labute approximate surface area is 221 Å². The summed E-state index contributed by atoms with van der Waals surface area (Å²) < 4.78 is 5.72. The number of aryl methyl sites for hydroxylation is 1.